The number of hydrogen-bond donors (Lipinski definition) is 1. The van der Waals surface area contributed by atoms with Gasteiger partial charge in [-0.25, -0.2) is 0 Å². The van der Waals surface area contributed by atoms with Gasteiger partial charge in [-0.3, -0.25) is 4.90 Å². The normalized spacial score (nSPS) is 14.7. The molecule has 0 saturated carbocycles. The van der Waals surface area contributed by atoms with Crippen molar-refractivity contribution in [3.8, 4) is 11.3 Å². The Kier molecular flexibility index (Phi) is 10.1. The zero-order valence-electron chi connectivity index (χ0n) is 13.8. The molecule has 1 N–H and O–H groups in total. The van der Waals surface area contributed by atoms with Gasteiger partial charge in [0.05, 0.1) is 19.8 Å². The molecule has 6 heteroatoms. The molecule has 0 atom stereocenters. The number of benzene rings is 1. The van der Waals surface area contributed by atoms with Crippen molar-refractivity contribution in [1.82, 2.24) is 10.2 Å². The van der Waals surface area contributed by atoms with Crippen molar-refractivity contribution in [2.45, 2.75) is 13.0 Å². The van der Waals surface area contributed by atoms with Crippen LogP contribution in [0.25, 0.3) is 11.3 Å². The van der Waals surface area contributed by atoms with E-state index in [1.54, 1.807) is 0 Å². The third kappa shape index (κ3) is 6.46. The minimum atomic E-state index is 0. The smallest absolute Gasteiger partial charge is 0.134 e. The number of nitrogens with one attached hydrogen (secondary N) is 1. The molecule has 4 nitrogen and oxygen atoms in total. The molecule has 0 bridgehead atoms. The summed E-state index contributed by atoms with van der Waals surface area (Å²) in [6.45, 7) is 6.83. The van der Waals surface area contributed by atoms with E-state index in [1.807, 2.05) is 24.3 Å². The van der Waals surface area contributed by atoms with Crippen LogP contribution < -0.4 is 5.32 Å². The summed E-state index contributed by atoms with van der Waals surface area (Å²) in [6.07, 6.45) is 1.16. The van der Waals surface area contributed by atoms with E-state index >= 15 is 0 Å². The molecule has 0 radical (unpaired) electrons. The molecule has 1 aromatic heterocycles. The summed E-state index contributed by atoms with van der Waals surface area (Å²) < 4.78 is 11.2. The van der Waals surface area contributed by atoms with Gasteiger partial charge in [-0.05, 0) is 31.6 Å². The second kappa shape index (κ2) is 11.5. The Morgan fingerprint density at radius 2 is 1.71 bits per heavy atom. The van der Waals surface area contributed by atoms with E-state index in [1.165, 1.54) is 0 Å². The van der Waals surface area contributed by atoms with Gasteiger partial charge in [0.15, 0.2) is 0 Å². The summed E-state index contributed by atoms with van der Waals surface area (Å²) >= 11 is 0. The Balaban J connectivity index is 0.00000144. The van der Waals surface area contributed by atoms with Crippen molar-refractivity contribution in [2.75, 3.05) is 39.4 Å². The number of morpholine rings is 1. The summed E-state index contributed by atoms with van der Waals surface area (Å²) in [6, 6.07) is 14.3. The molecule has 1 saturated heterocycles. The Bertz CT molecular complexity index is 557. The lowest BCUT2D eigenvalue weighted by Gasteiger charge is -2.26. The van der Waals surface area contributed by atoms with E-state index in [9.17, 15) is 0 Å². The Morgan fingerprint density at radius 3 is 2.46 bits per heavy atom. The highest BCUT2D eigenvalue weighted by Gasteiger charge is 2.09. The predicted molar refractivity (Wildman–Crippen MR) is 102 cm³/mol. The quantitative estimate of drug-likeness (QED) is 0.753. The molecule has 1 fully saturated rings. The van der Waals surface area contributed by atoms with Crippen LogP contribution in [0.15, 0.2) is 46.9 Å². The second-order valence-electron chi connectivity index (χ2n) is 5.62. The SMILES string of the molecule is Cl.Cl.c1ccc(-c2ccc(CNCCCN3CCOCC3)o2)cc1. The molecule has 0 unspecified atom stereocenters. The maximum atomic E-state index is 5.88. The van der Waals surface area contributed by atoms with Gasteiger partial charge in [0.2, 0.25) is 0 Å². The number of furan rings is 1. The summed E-state index contributed by atoms with van der Waals surface area (Å²) in [4.78, 5) is 2.46. The topological polar surface area (TPSA) is 37.6 Å². The van der Waals surface area contributed by atoms with E-state index in [0.29, 0.717) is 0 Å². The first-order valence-electron chi connectivity index (χ1n) is 8.07. The van der Waals surface area contributed by atoms with Gasteiger partial charge in [-0.15, -0.1) is 24.8 Å². The van der Waals surface area contributed by atoms with Crippen LogP contribution in [0.5, 0.6) is 0 Å². The minimum Gasteiger partial charge on any atom is -0.460 e. The van der Waals surface area contributed by atoms with Gasteiger partial charge >= 0.3 is 0 Å². The lowest BCUT2D eigenvalue weighted by atomic mass is 10.2. The number of hydrogen-bond acceptors (Lipinski definition) is 4. The van der Waals surface area contributed by atoms with Crippen LogP contribution in [0, 0.1) is 0 Å². The molecule has 1 aromatic carbocycles. The molecule has 0 amide bonds. The third-order valence-corrected chi connectivity index (χ3v) is 3.95. The largest absolute Gasteiger partial charge is 0.460 e. The molecule has 134 valence electrons. The fourth-order valence-electron chi connectivity index (χ4n) is 2.69. The minimum absolute atomic E-state index is 0. The van der Waals surface area contributed by atoms with Crippen LogP contribution >= 0.6 is 24.8 Å². The van der Waals surface area contributed by atoms with Gasteiger partial charge in [0.1, 0.15) is 11.5 Å². The number of rotatable bonds is 7. The lowest BCUT2D eigenvalue weighted by molar-refractivity contribution is 0.0374. The Hall–Kier alpha value is -1.04. The van der Waals surface area contributed by atoms with Crippen molar-refractivity contribution in [3.05, 3.63) is 48.2 Å². The average molecular weight is 373 g/mol. The molecular formula is C18H26Cl2N2O2. The average Bonchev–Trinajstić information content (AvgIpc) is 3.05. The van der Waals surface area contributed by atoms with Crippen LogP contribution in [0.1, 0.15) is 12.2 Å². The highest BCUT2D eigenvalue weighted by atomic mass is 35.5. The third-order valence-electron chi connectivity index (χ3n) is 3.95. The van der Waals surface area contributed by atoms with Crippen LogP contribution in [0.3, 0.4) is 0 Å². The summed E-state index contributed by atoms with van der Waals surface area (Å²) in [5, 5.41) is 3.45. The maximum Gasteiger partial charge on any atom is 0.134 e. The molecule has 3 rings (SSSR count). The van der Waals surface area contributed by atoms with E-state index in [4.69, 9.17) is 9.15 Å². The molecule has 1 aliphatic rings. The van der Waals surface area contributed by atoms with Crippen LogP contribution in [-0.4, -0.2) is 44.3 Å². The fourth-order valence-corrected chi connectivity index (χ4v) is 2.69. The first kappa shape index (κ1) is 21.0. The van der Waals surface area contributed by atoms with Gasteiger partial charge < -0.3 is 14.5 Å². The highest BCUT2D eigenvalue weighted by Crippen LogP contribution is 2.21. The molecule has 1 aliphatic heterocycles. The van der Waals surface area contributed by atoms with Gasteiger partial charge in [0, 0.05) is 18.7 Å². The van der Waals surface area contributed by atoms with Crippen molar-refractivity contribution in [2.24, 2.45) is 0 Å². The van der Waals surface area contributed by atoms with Gasteiger partial charge in [-0.1, -0.05) is 30.3 Å². The fraction of sp³-hybridized carbons (Fsp3) is 0.444. The highest BCUT2D eigenvalue weighted by molar-refractivity contribution is 5.85. The summed E-state index contributed by atoms with van der Waals surface area (Å²) in [7, 11) is 0. The van der Waals surface area contributed by atoms with Crippen molar-refractivity contribution >= 4 is 24.8 Å². The molecule has 2 aromatic rings. The zero-order chi connectivity index (χ0) is 15.0. The van der Waals surface area contributed by atoms with E-state index in [0.717, 1.165) is 69.4 Å². The van der Waals surface area contributed by atoms with Crippen LogP contribution in [-0.2, 0) is 11.3 Å². The van der Waals surface area contributed by atoms with Gasteiger partial charge in [0.25, 0.3) is 0 Å². The van der Waals surface area contributed by atoms with Crippen molar-refractivity contribution in [3.63, 3.8) is 0 Å². The van der Waals surface area contributed by atoms with Crippen molar-refractivity contribution < 1.29 is 9.15 Å². The lowest BCUT2D eigenvalue weighted by Crippen LogP contribution is -2.37. The molecule has 2 heterocycles. The predicted octanol–water partition coefficient (Wildman–Crippen LogP) is 3.60. The number of ether oxygens (including phenoxy) is 1. The molecular weight excluding hydrogens is 347 g/mol. The molecule has 0 aliphatic carbocycles. The first-order valence-corrected chi connectivity index (χ1v) is 8.07. The monoisotopic (exact) mass is 372 g/mol. The molecule has 0 spiro atoms. The van der Waals surface area contributed by atoms with Crippen LogP contribution in [0.2, 0.25) is 0 Å². The van der Waals surface area contributed by atoms with E-state index < -0.39 is 0 Å². The van der Waals surface area contributed by atoms with E-state index in [-0.39, 0.29) is 24.8 Å². The number of nitrogens with zero attached hydrogens (tertiary/aromatic N) is 1. The standard InChI is InChI=1S/C18H24N2O2.2ClH/c1-2-5-16(6-3-1)18-8-7-17(22-18)15-19-9-4-10-20-11-13-21-14-12-20;;/h1-3,5-8,19H,4,9-15H2;2*1H. The van der Waals surface area contributed by atoms with Gasteiger partial charge in [-0.2, -0.15) is 0 Å². The molecule has 24 heavy (non-hydrogen) atoms. The Morgan fingerprint density at radius 1 is 0.958 bits per heavy atom. The van der Waals surface area contributed by atoms with Crippen LogP contribution in [0.4, 0.5) is 0 Å². The van der Waals surface area contributed by atoms with E-state index in [2.05, 4.69) is 28.4 Å². The second-order valence-corrected chi connectivity index (χ2v) is 5.62. The Labute approximate surface area is 156 Å². The summed E-state index contributed by atoms with van der Waals surface area (Å²) in [5.41, 5.74) is 1.13. The zero-order valence-corrected chi connectivity index (χ0v) is 15.4. The summed E-state index contributed by atoms with van der Waals surface area (Å²) in [5.74, 6) is 1.93. The number of halogens is 2. The van der Waals surface area contributed by atoms with Crippen molar-refractivity contribution in [1.29, 1.82) is 0 Å². The first-order chi connectivity index (χ1) is 10.9. The maximum absolute atomic E-state index is 5.88.